The molecule has 3 aromatic rings. The van der Waals surface area contributed by atoms with Gasteiger partial charge in [-0.2, -0.15) is 0 Å². The number of halogens is 1. The fourth-order valence-corrected chi connectivity index (χ4v) is 2.81. The quantitative estimate of drug-likeness (QED) is 0.371. The Balaban J connectivity index is 1.92. The predicted octanol–water partition coefficient (Wildman–Crippen LogP) is 3.12. The normalized spacial score (nSPS) is 12.1. The zero-order chi connectivity index (χ0) is 21.8. The smallest absolute Gasteiger partial charge is 0.214 e. The maximum absolute atomic E-state index is 14.4. The zero-order valence-electron chi connectivity index (χ0n) is 16.8. The van der Waals surface area contributed by atoms with Crippen LogP contribution in [0, 0.1) is 30.5 Å². The average Bonchev–Trinajstić information content (AvgIpc) is 3.17. The minimum Gasteiger partial charge on any atom is -0.356 e. The number of carbonyl (C=O) groups excluding carboxylic acids is 1. The Morgan fingerprint density at radius 2 is 2.13 bits per heavy atom. The van der Waals surface area contributed by atoms with Crippen molar-refractivity contribution in [1.29, 1.82) is 10.8 Å². The highest BCUT2D eigenvalue weighted by Gasteiger charge is 2.19. The van der Waals surface area contributed by atoms with E-state index in [1.165, 1.54) is 17.3 Å². The van der Waals surface area contributed by atoms with Crippen LogP contribution in [0.3, 0.4) is 0 Å². The molecule has 0 radical (unpaired) electrons. The number of hydrogen-bond donors (Lipinski definition) is 2. The van der Waals surface area contributed by atoms with Crippen molar-refractivity contribution in [2.75, 3.05) is 0 Å². The minimum atomic E-state index is -0.823. The Morgan fingerprint density at radius 3 is 2.77 bits per heavy atom. The number of rotatable bonds is 6. The van der Waals surface area contributed by atoms with Gasteiger partial charge in [-0.05, 0) is 44.5 Å². The number of aryl methyl sites for hydroxylation is 2. The second-order valence-corrected chi connectivity index (χ2v) is 6.76. The molecule has 3 aromatic heterocycles. The van der Waals surface area contributed by atoms with Crippen molar-refractivity contribution in [1.82, 2.24) is 19.6 Å². The number of pyridine rings is 2. The molecule has 3 rings (SSSR count). The molecule has 9 heteroatoms. The molecule has 0 aliphatic heterocycles. The Hall–Kier alpha value is -3.88. The molecule has 2 N–H and O–H groups in total. The largest absolute Gasteiger partial charge is 0.356 e. The number of aromatic nitrogens is 3. The number of nitrogens with one attached hydrogen (secondary N) is 2. The molecule has 8 nitrogen and oxygen atoms in total. The van der Waals surface area contributed by atoms with Crippen LogP contribution in [0.2, 0.25) is 0 Å². The monoisotopic (exact) mass is 408 g/mol. The number of carbonyl (C=O) groups is 1. The SMILES string of the molecule is Cc1cc(-c2cc(F)c(=N)n(C(=N)[C@@H](C)N(C=O)/C=C\c3ncccc3C)c2)on1. The summed E-state index contributed by atoms with van der Waals surface area (Å²) >= 11 is 0. The van der Waals surface area contributed by atoms with Crippen molar-refractivity contribution in [3.8, 4) is 11.3 Å². The molecule has 0 aromatic carbocycles. The van der Waals surface area contributed by atoms with Crippen molar-refractivity contribution >= 4 is 18.3 Å². The Labute approximate surface area is 172 Å². The summed E-state index contributed by atoms with van der Waals surface area (Å²) in [5.74, 6) is -0.666. The van der Waals surface area contributed by atoms with Crippen molar-refractivity contribution in [2.24, 2.45) is 0 Å². The van der Waals surface area contributed by atoms with Crippen molar-refractivity contribution in [3.05, 3.63) is 71.1 Å². The van der Waals surface area contributed by atoms with Crippen LogP contribution in [-0.2, 0) is 4.79 Å². The van der Waals surface area contributed by atoms with E-state index in [9.17, 15) is 9.18 Å². The first-order valence-electron chi connectivity index (χ1n) is 9.13. The molecule has 154 valence electrons. The summed E-state index contributed by atoms with van der Waals surface area (Å²) < 4.78 is 20.6. The number of hydrogen-bond acceptors (Lipinski definition) is 6. The van der Waals surface area contributed by atoms with E-state index >= 15 is 0 Å². The summed E-state index contributed by atoms with van der Waals surface area (Å²) in [4.78, 5) is 17.1. The minimum absolute atomic E-state index is 0.161. The third kappa shape index (κ3) is 4.24. The maximum Gasteiger partial charge on any atom is 0.214 e. The van der Waals surface area contributed by atoms with Crippen LogP contribution in [-0.4, -0.2) is 37.9 Å². The Bertz CT molecular complexity index is 1180. The standard InChI is InChI=1S/C21H21FN6O2/c1-13-5-4-7-25-18(13)6-8-27(12-29)15(3)20(23)28-11-16(10-17(22)21(28)24)19-9-14(2)26-30-19/h4-12,15,23-24H,1-3H3/b8-6-,23-20?,24-21?/t15-/m1/s1. The van der Waals surface area contributed by atoms with E-state index in [-0.39, 0.29) is 5.84 Å². The summed E-state index contributed by atoms with van der Waals surface area (Å²) in [6, 6.07) is 5.71. The van der Waals surface area contributed by atoms with Crippen molar-refractivity contribution < 1.29 is 13.7 Å². The van der Waals surface area contributed by atoms with Gasteiger partial charge in [0.05, 0.1) is 17.4 Å². The first kappa shape index (κ1) is 20.8. The summed E-state index contributed by atoms with van der Waals surface area (Å²) in [6.45, 7) is 5.24. The van der Waals surface area contributed by atoms with Crippen LogP contribution in [0.5, 0.6) is 0 Å². The summed E-state index contributed by atoms with van der Waals surface area (Å²) in [5, 5.41) is 20.3. The van der Waals surface area contributed by atoms with Crippen LogP contribution in [0.1, 0.15) is 23.9 Å². The lowest BCUT2D eigenvalue weighted by atomic mass is 10.2. The van der Waals surface area contributed by atoms with Crippen molar-refractivity contribution in [3.63, 3.8) is 0 Å². The predicted molar refractivity (Wildman–Crippen MR) is 109 cm³/mol. The van der Waals surface area contributed by atoms with E-state index in [1.54, 1.807) is 32.2 Å². The van der Waals surface area contributed by atoms with Gasteiger partial charge in [-0.25, -0.2) is 4.39 Å². The topological polar surface area (TPSA) is 112 Å². The molecule has 0 unspecified atom stereocenters. The molecule has 0 bridgehead atoms. The van der Waals surface area contributed by atoms with Gasteiger partial charge in [0.15, 0.2) is 17.1 Å². The van der Waals surface area contributed by atoms with E-state index in [0.29, 0.717) is 29.1 Å². The molecule has 30 heavy (non-hydrogen) atoms. The van der Waals surface area contributed by atoms with E-state index in [2.05, 4.69) is 10.1 Å². The Kier molecular flexibility index (Phi) is 6.01. The van der Waals surface area contributed by atoms with E-state index < -0.39 is 17.3 Å². The molecule has 0 spiro atoms. The van der Waals surface area contributed by atoms with Crippen LogP contribution in [0.4, 0.5) is 4.39 Å². The van der Waals surface area contributed by atoms with Crippen LogP contribution in [0.15, 0.2) is 47.4 Å². The highest BCUT2D eigenvalue weighted by molar-refractivity contribution is 5.88. The van der Waals surface area contributed by atoms with Gasteiger partial charge in [-0.1, -0.05) is 11.2 Å². The third-order valence-electron chi connectivity index (χ3n) is 4.61. The summed E-state index contributed by atoms with van der Waals surface area (Å²) in [5.41, 5.74) is 2.07. The summed E-state index contributed by atoms with van der Waals surface area (Å²) in [7, 11) is 0. The summed E-state index contributed by atoms with van der Waals surface area (Å²) in [6.07, 6.45) is 6.79. The van der Waals surface area contributed by atoms with Gasteiger partial charge >= 0.3 is 0 Å². The molecule has 1 atom stereocenters. The van der Waals surface area contributed by atoms with Crippen LogP contribution >= 0.6 is 0 Å². The van der Waals surface area contributed by atoms with E-state index in [1.807, 2.05) is 19.1 Å². The van der Waals surface area contributed by atoms with Gasteiger partial charge in [0.25, 0.3) is 0 Å². The molecule has 0 fully saturated rings. The zero-order valence-corrected chi connectivity index (χ0v) is 16.8. The van der Waals surface area contributed by atoms with Crippen LogP contribution < -0.4 is 5.49 Å². The molecular weight excluding hydrogens is 387 g/mol. The molecule has 0 saturated heterocycles. The van der Waals surface area contributed by atoms with Gasteiger partial charge in [0, 0.05) is 30.2 Å². The molecule has 1 amide bonds. The number of nitrogens with zero attached hydrogens (tertiary/aromatic N) is 4. The molecular formula is C21H21FN6O2. The van der Waals surface area contributed by atoms with Gasteiger partial charge in [0.2, 0.25) is 6.41 Å². The van der Waals surface area contributed by atoms with E-state index in [0.717, 1.165) is 16.2 Å². The maximum atomic E-state index is 14.4. The van der Waals surface area contributed by atoms with Gasteiger partial charge in [0.1, 0.15) is 5.84 Å². The lowest BCUT2D eigenvalue weighted by molar-refractivity contribution is -0.116. The highest BCUT2D eigenvalue weighted by atomic mass is 19.1. The number of amides is 1. The molecule has 0 aliphatic carbocycles. The fraction of sp³-hybridized carbons (Fsp3) is 0.190. The van der Waals surface area contributed by atoms with Gasteiger partial charge in [-0.3, -0.25) is 25.2 Å². The average molecular weight is 408 g/mol. The van der Waals surface area contributed by atoms with Crippen LogP contribution in [0.25, 0.3) is 17.4 Å². The lowest BCUT2D eigenvalue weighted by Crippen LogP contribution is -2.42. The first-order chi connectivity index (χ1) is 14.3. The first-order valence-corrected chi connectivity index (χ1v) is 9.13. The molecule has 3 heterocycles. The van der Waals surface area contributed by atoms with Gasteiger partial charge in [-0.15, -0.1) is 0 Å². The molecule has 0 saturated carbocycles. The third-order valence-corrected chi connectivity index (χ3v) is 4.61. The lowest BCUT2D eigenvalue weighted by Gasteiger charge is -2.23. The van der Waals surface area contributed by atoms with Crippen molar-refractivity contribution in [2.45, 2.75) is 26.8 Å². The van der Waals surface area contributed by atoms with E-state index in [4.69, 9.17) is 15.3 Å². The fourth-order valence-electron chi connectivity index (χ4n) is 2.81. The second-order valence-electron chi connectivity index (χ2n) is 6.76. The van der Waals surface area contributed by atoms with Gasteiger partial charge < -0.3 is 9.42 Å². The highest BCUT2D eigenvalue weighted by Crippen LogP contribution is 2.20. The second kappa shape index (κ2) is 8.64. The Morgan fingerprint density at radius 1 is 1.37 bits per heavy atom. The molecule has 0 aliphatic rings.